The molecule has 208 valence electrons. The third-order valence-corrected chi connectivity index (χ3v) is 7.38. The summed E-state index contributed by atoms with van der Waals surface area (Å²) >= 11 is 0. The van der Waals surface area contributed by atoms with E-state index in [2.05, 4.69) is 0 Å². The zero-order valence-corrected chi connectivity index (χ0v) is 23.0. The monoisotopic (exact) mass is 552 g/mol. The number of allylic oxidation sites excluding steroid dienone is 2. The molecule has 0 atom stereocenters. The van der Waals surface area contributed by atoms with Crippen molar-refractivity contribution in [3.05, 3.63) is 117 Å². The summed E-state index contributed by atoms with van der Waals surface area (Å²) in [7, 11) is 2.56. The Morgan fingerprint density at radius 3 is 1.98 bits per heavy atom. The maximum Gasteiger partial charge on any atom is 0.336 e. The van der Waals surface area contributed by atoms with Gasteiger partial charge < -0.3 is 18.9 Å². The van der Waals surface area contributed by atoms with Crippen molar-refractivity contribution < 1.29 is 24.0 Å². The molecular formula is C31H28N4O6. The van der Waals surface area contributed by atoms with Gasteiger partial charge in [0.1, 0.15) is 12.5 Å². The normalized spacial score (nSPS) is 14.0. The van der Waals surface area contributed by atoms with Gasteiger partial charge in [-0.3, -0.25) is 10.1 Å². The van der Waals surface area contributed by atoms with Crippen molar-refractivity contribution in [2.75, 3.05) is 14.2 Å². The number of ether oxygens (including phenoxy) is 2. The number of aromatic nitrogens is 2. The van der Waals surface area contributed by atoms with E-state index in [0.29, 0.717) is 17.0 Å². The molecule has 5 rings (SSSR count). The molecule has 0 saturated carbocycles. The van der Waals surface area contributed by atoms with E-state index in [1.807, 2.05) is 64.1 Å². The maximum absolute atomic E-state index is 13.3. The summed E-state index contributed by atoms with van der Waals surface area (Å²) in [6, 6.07) is 23.3. The van der Waals surface area contributed by atoms with Crippen molar-refractivity contribution in [1.82, 2.24) is 14.5 Å². The SMILES string of the molecule is COC(=O)C1=C(C)N(Cn2c(-c3ccccc3)nc3ccccc32)C(C)=C(C(=O)OC)C1c1ccc([N+](=O)[O-])cc1. The smallest absolute Gasteiger partial charge is 0.336 e. The van der Waals surface area contributed by atoms with Crippen LogP contribution in [0.4, 0.5) is 5.69 Å². The molecule has 0 radical (unpaired) electrons. The Morgan fingerprint density at radius 2 is 1.41 bits per heavy atom. The zero-order chi connectivity index (χ0) is 29.3. The molecule has 1 aliphatic heterocycles. The van der Waals surface area contributed by atoms with Crippen LogP contribution >= 0.6 is 0 Å². The minimum absolute atomic E-state index is 0.104. The fourth-order valence-electron chi connectivity index (χ4n) is 5.36. The first-order valence-corrected chi connectivity index (χ1v) is 12.9. The molecule has 1 aromatic heterocycles. The van der Waals surface area contributed by atoms with Gasteiger partial charge in [0.15, 0.2) is 0 Å². The Bertz CT molecular complexity index is 1680. The highest BCUT2D eigenvalue weighted by Gasteiger charge is 2.40. The molecule has 10 nitrogen and oxygen atoms in total. The Labute approximate surface area is 236 Å². The molecule has 2 heterocycles. The first-order chi connectivity index (χ1) is 19.8. The summed E-state index contributed by atoms with van der Waals surface area (Å²) < 4.78 is 12.4. The van der Waals surface area contributed by atoms with Gasteiger partial charge in [-0.15, -0.1) is 0 Å². The predicted molar refractivity (Wildman–Crippen MR) is 152 cm³/mol. The van der Waals surface area contributed by atoms with E-state index in [4.69, 9.17) is 14.5 Å². The van der Waals surface area contributed by atoms with Gasteiger partial charge in [0.2, 0.25) is 0 Å². The quantitative estimate of drug-likeness (QED) is 0.166. The van der Waals surface area contributed by atoms with Gasteiger partial charge in [-0.25, -0.2) is 14.6 Å². The molecule has 4 aromatic rings. The van der Waals surface area contributed by atoms with Crippen molar-refractivity contribution in [3.8, 4) is 11.4 Å². The maximum atomic E-state index is 13.3. The molecule has 0 bridgehead atoms. The first-order valence-electron chi connectivity index (χ1n) is 12.9. The zero-order valence-electron chi connectivity index (χ0n) is 23.0. The number of imidazole rings is 1. The number of hydrogen-bond donors (Lipinski definition) is 0. The van der Waals surface area contributed by atoms with Gasteiger partial charge in [-0.2, -0.15) is 0 Å². The third kappa shape index (κ3) is 4.84. The number of carbonyl (C=O) groups excluding carboxylic acids is 2. The van der Waals surface area contributed by atoms with Crippen LogP contribution in [0.3, 0.4) is 0 Å². The van der Waals surface area contributed by atoms with E-state index in [1.165, 1.54) is 26.4 Å². The number of rotatable bonds is 7. The van der Waals surface area contributed by atoms with Crippen LogP contribution in [0.2, 0.25) is 0 Å². The van der Waals surface area contributed by atoms with Crippen LogP contribution in [-0.4, -0.2) is 45.5 Å². The Balaban J connectivity index is 1.72. The largest absolute Gasteiger partial charge is 0.466 e. The lowest BCUT2D eigenvalue weighted by Gasteiger charge is -2.38. The van der Waals surface area contributed by atoms with Crippen LogP contribution in [-0.2, 0) is 25.7 Å². The Hall–Kier alpha value is -5.25. The third-order valence-electron chi connectivity index (χ3n) is 7.38. The van der Waals surface area contributed by atoms with E-state index in [-0.39, 0.29) is 23.5 Å². The highest BCUT2D eigenvalue weighted by atomic mass is 16.6. The van der Waals surface area contributed by atoms with Gasteiger partial charge >= 0.3 is 11.9 Å². The number of hydrogen-bond acceptors (Lipinski definition) is 8. The average molecular weight is 553 g/mol. The van der Waals surface area contributed by atoms with Gasteiger partial charge in [0.05, 0.1) is 47.2 Å². The molecule has 3 aromatic carbocycles. The van der Waals surface area contributed by atoms with Crippen LogP contribution < -0.4 is 0 Å². The van der Waals surface area contributed by atoms with Crippen LogP contribution in [0.15, 0.2) is 101 Å². The van der Waals surface area contributed by atoms with E-state index in [0.717, 1.165) is 22.4 Å². The van der Waals surface area contributed by atoms with Crippen molar-refractivity contribution >= 4 is 28.7 Å². The molecule has 0 aliphatic carbocycles. The number of nitro benzene ring substituents is 1. The second-order valence-corrected chi connectivity index (χ2v) is 9.55. The summed E-state index contributed by atoms with van der Waals surface area (Å²) in [6.07, 6.45) is 0. The standard InChI is InChI=1S/C31H28N4O6/c1-19-26(30(36)40-3)28(21-14-16-23(17-15-21)35(38)39)27(31(37)41-4)20(2)33(19)18-34-25-13-9-8-12-24(25)32-29(34)22-10-6-5-7-11-22/h5-17,28H,18H2,1-4H3. The summed E-state index contributed by atoms with van der Waals surface area (Å²) in [4.78, 5) is 44.2. The van der Waals surface area contributed by atoms with Gasteiger partial charge in [-0.05, 0) is 31.5 Å². The number of fused-ring (bicyclic) bond motifs is 1. The Kier molecular flexibility index (Phi) is 7.39. The topological polar surface area (TPSA) is 117 Å². The Morgan fingerprint density at radius 1 is 0.854 bits per heavy atom. The molecule has 41 heavy (non-hydrogen) atoms. The van der Waals surface area contributed by atoms with E-state index >= 15 is 0 Å². The summed E-state index contributed by atoms with van der Waals surface area (Å²) in [5.74, 6) is -1.38. The second kappa shape index (κ2) is 11.1. The molecule has 0 spiro atoms. The number of nitro groups is 1. The van der Waals surface area contributed by atoms with Crippen LogP contribution in [0.1, 0.15) is 25.3 Å². The minimum atomic E-state index is -0.861. The highest BCUT2D eigenvalue weighted by molar-refractivity contribution is 5.99. The van der Waals surface area contributed by atoms with Gasteiger partial charge in [-0.1, -0.05) is 54.6 Å². The molecule has 0 unspecified atom stereocenters. The number of nitrogens with zero attached hydrogens (tertiary/aromatic N) is 4. The van der Waals surface area contributed by atoms with Crippen molar-refractivity contribution in [3.63, 3.8) is 0 Å². The number of esters is 2. The number of methoxy groups -OCH3 is 2. The lowest BCUT2D eigenvalue weighted by molar-refractivity contribution is -0.384. The summed E-state index contributed by atoms with van der Waals surface area (Å²) in [5, 5.41) is 11.3. The lowest BCUT2D eigenvalue weighted by Crippen LogP contribution is -2.36. The van der Waals surface area contributed by atoms with Crippen molar-refractivity contribution in [2.45, 2.75) is 26.4 Å². The van der Waals surface area contributed by atoms with Crippen molar-refractivity contribution in [1.29, 1.82) is 0 Å². The van der Waals surface area contributed by atoms with Crippen LogP contribution in [0.25, 0.3) is 22.4 Å². The number of para-hydroxylation sites is 2. The van der Waals surface area contributed by atoms with E-state index in [1.54, 1.807) is 26.0 Å². The molecule has 0 saturated heterocycles. The number of carbonyl (C=O) groups is 2. The highest BCUT2D eigenvalue weighted by Crippen LogP contribution is 2.43. The second-order valence-electron chi connectivity index (χ2n) is 9.55. The fraction of sp³-hybridized carbons (Fsp3) is 0.194. The van der Waals surface area contributed by atoms with Crippen molar-refractivity contribution in [2.24, 2.45) is 0 Å². The van der Waals surface area contributed by atoms with Gasteiger partial charge in [0, 0.05) is 29.1 Å². The lowest BCUT2D eigenvalue weighted by atomic mass is 9.79. The molecule has 0 amide bonds. The first kappa shape index (κ1) is 27.3. The van der Waals surface area contributed by atoms with Crippen LogP contribution in [0, 0.1) is 10.1 Å². The van der Waals surface area contributed by atoms with Crippen LogP contribution in [0.5, 0.6) is 0 Å². The van der Waals surface area contributed by atoms with E-state index < -0.39 is 22.8 Å². The summed E-state index contributed by atoms with van der Waals surface area (Å²) in [6.45, 7) is 3.82. The van der Waals surface area contributed by atoms with Gasteiger partial charge in [0.25, 0.3) is 5.69 Å². The minimum Gasteiger partial charge on any atom is -0.466 e. The molecule has 0 fully saturated rings. The molecule has 1 aliphatic rings. The number of non-ortho nitro benzene ring substituents is 1. The summed E-state index contributed by atoms with van der Waals surface area (Å²) in [5.41, 5.74) is 4.62. The molecule has 0 N–H and O–H groups in total. The van der Waals surface area contributed by atoms with E-state index in [9.17, 15) is 19.7 Å². The average Bonchev–Trinajstić information content (AvgIpc) is 3.37. The molecule has 10 heteroatoms. The predicted octanol–water partition coefficient (Wildman–Crippen LogP) is 5.56. The number of benzene rings is 3. The fourth-order valence-corrected chi connectivity index (χ4v) is 5.36. The molecular weight excluding hydrogens is 524 g/mol.